The van der Waals surface area contributed by atoms with E-state index in [9.17, 15) is 8.42 Å². The number of nitrogens with zero attached hydrogens (tertiary/aromatic N) is 2. The quantitative estimate of drug-likeness (QED) is 0.886. The third-order valence-corrected chi connectivity index (χ3v) is 4.66. The van der Waals surface area contributed by atoms with Gasteiger partial charge < -0.3 is 5.32 Å². The van der Waals surface area contributed by atoms with Gasteiger partial charge in [-0.05, 0) is 22.0 Å². The van der Waals surface area contributed by atoms with Crippen molar-refractivity contribution >= 4 is 43.4 Å². The van der Waals surface area contributed by atoms with Crippen LogP contribution in [0.2, 0.25) is 5.02 Å². The average molecular weight is 343 g/mol. The Kier molecular flexibility index (Phi) is 5.18. The van der Waals surface area contributed by atoms with Gasteiger partial charge in [-0.25, -0.2) is 17.7 Å². The smallest absolute Gasteiger partial charge is 0.215 e. The highest BCUT2D eigenvalue weighted by molar-refractivity contribution is 9.10. The Morgan fingerprint density at radius 2 is 2.18 bits per heavy atom. The van der Waals surface area contributed by atoms with E-state index in [-0.39, 0.29) is 12.3 Å². The number of hydrogen-bond acceptors (Lipinski definition) is 4. The molecule has 0 atom stereocenters. The Morgan fingerprint density at radius 3 is 2.71 bits per heavy atom. The van der Waals surface area contributed by atoms with E-state index in [1.54, 1.807) is 6.07 Å². The molecule has 96 valence electrons. The van der Waals surface area contributed by atoms with E-state index in [2.05, 4.69) is 26.2 Å². The first-order valence-electron chi connectivity index (χ1n) is 4.78. The first-order chi connectivity index (χ1) is 7.83. The fourth-order valence-corrected chi connectivity index (χ4v) is 2.53. The SMILES string of the molecule is CN(C)S(=O)(=O)CCNc1ncc(Cl)cc1Br. The van der Waals surface area contributed by atoms with Crippen LogP contribution in [-0.2, 0) is 10.0 Å². The second-order valence-corrected chi connectivity index (χ2v) is 7.10. The molecule has 5 nitrogen and oxygen atoms in total. The fraction of sp³-hybridized carbons (Fsp3) is 0.444. The normalized spacial score (nSPS) is 11.8. The van der Waals surface area contributed by atoms with Crippen LogP contribution in [0.25, 0.3) is 0 Å². The van der Waals surface area contributed by atoms with Gasteiger partial charge in [0.2, 0.25) is 10.0 Å². The third kappa shape index (κ3) is 4.42. The Bertz CT molecular complexity index is 493. The summed E-state index contributed by atoms with van der Waals surface area (Å²) in [5.41, 5.74) is 0. The van der Waals surface area contributed by atoms with Gasteiger partial charge in [0, 0.05) is 26.8 Å². The molecule has 1 aromatic rings. The van der Waals surface area contributed by atoms with Gasteiger partial charge in [-0.3, -0.25) is 0 Å². The molecule has 0 saturated heterocycles. The minimum Gasteiger partial charge on any atom is -0.368 e. The van der Waals surface area contributed by atoms with E-state index in [0.717, 1.165) is 0 Å². The second kappa shape index (κ2) is 5.99. The van der Waals surface area contributed by atoms with Crippen LogP contribution < -0.4 is 5.32 Å². The van der Waals surface area contributed by atoms with E-state index in [1.807, 2.05) is 0 Å². The van der Waals surface area contributed by atoms with Gasteiger partial charge >= 0.3 is 0 Å². The van der Waals surface area contributed by atoms with E-state index in [0.29, 0.717) is 15.3 Å². The third-order valence-electron chi connectivity index (χ3n) is 2.02. The van der Waals surface area contributed by atoms with Crippen LogP contribution >= 0.6 is 27.5 Å². The van der Waals surface area contributed by atoms with Gasteiger partial charge in [0.15, 0.2) is 0 Å². The number of sulfonamides is 1. The molecule has 0 fully saturated rings. The molecule has 0 aliphatic heterocycles. The second-order valence-electron chi connectivity index (χ2n) is 3.51. The number of rotatable bonds is 5. The summed E-state index contributed by atoms with van der Waals surface area (Å²) < 4.78 is 24.9. The highest BCUT2D eigenvalue weighted by Gasteiger charge is 2.13. The molecule has 0 aromatic carbocycles. The minimum absolute atomic E-state index is 0.0107. The molecule has 0 aliphatic carbocycles. The van der Waals surface area contributed by atoms with Crippen LogP contribution in [0.15, 0.2) is 16.7 Å². The van der Waals surface area contributed by atoms with Crippen molar-refractivity contribution in [3.8, 4) is 0 Å². The van der Waals surface area contributed by atoms with Crippen molar-refractivity contribution < 1.29 is 8.42 Å². The van der Waals surface area contributed by atoms with E-state index >= 15 is 0 Å². The molecule has 0 aliphatic rings. The molecule has 8 heteroatoms. The van der Waals surface area contributed by atoms with Gasteiger partial charge in [0.1, 0.15) is 5.82 Å². The number of pyridine rings is 1. The Hall–Kier alpha value is -0.370. The zero-order chi connectivity index (χ0) is 13.1. The maximum absolute atomic E-state index is 11.5. The lowest BCUT2D eigenvalue weighted by Gasteiger charge is -2.12. The summed E-state index contributed by atoms with van der Waals surface area (Å²) in [7, 11) is -0.176. The van der Waals surface area contributed by atoms with Crippen molar-refractivity contribution in [3.05, 3.63) is 21.8 Å². The van der Waals surface area contributed by atoms with Gasteiger partial charge in [-0.1, -0.05) is 11.6 Å². The summed E-state index contributed by atoms with van der Waals surface area (Å²) >= 11 is 9.03. The summed E-state index contributed by atoms with van der Waals surface area (Å²) in [6.07, 6.45) is 1.50. The van der Waals surface area contributed by atoms with Crippen LogP contribution in [0.3, 0.4) is 0 Å². The topological polar surface area (TPSA) is 62.3 Å². The highest BCUT2D eigenvalue weighted by atomic mass is 79.9. The number of halogens is 2. The standard InChI is InChI=1S/C9H13BrClN3O2S/c1-14(2)17(15,16)4-3-12-9-8(10)5-7(11)6-13-9/h5-6H,3-4H2,1-2H3,(H,12,13). The van der Waals surface area contributed by atoms with Crippen LogP contribution in [-0.4, -0.2) is 44.1 Å². The van der Waals surface area contributed by atoms with E-state index in [4.69, 9.17) is 11.6 Å². The summed E-state index contributed by atoms with van der Waals surface area (Å²) in [5.74, 6) is 0.583. The molecule has 0 amide bonds. The molecule has 1 heterocycles. The van der Waals surface area contributed by atoms with Crippen LogP contribution in [0.5, 0.6) is 0 Å². The van der Waals surface area contributed by atoms with E-state index < -0.39 is 10.0 Å². The van der Waals surface area contributed by atoms with Gasteiger partial charge in [0.25, 0.3) is 0 Å². The Balaban J connectivity index is 2.58. The largest absolute Gasteiger partial charge is 0.368 e. The minimum atomic E-state index is -3.19. The molecule has 0 radical (unpaired) electrons. The monoisotopic (exact) mass is 341 g/mol. The molecule has 0 bridgehead atoms. The fourth-order valence-electron chi connectivity index (χ4n) is 1.03. The molecule has 1 aromatic heterocycles. The summed E-state index contributed by atoms with van der Waals surface area (Å²) in [6.45, 7) is 0.285. The van der Waals surface area contributed by atoms with Gasteiger partial charge in [0.05, 0.1) is 15.2 Å². The maximum Gasteiger partial charge on any atom is 0.215 e. The van der Waals surface area contributed by atoms with E-state index in [1.165, 1.54) is 24.6 Å². The molecule has 0 unspecified atom stereocenters. The lowest BCUT2D eigenvalue weighted by Crippen LogP contribution is -2.28. The van der Waals surface area contributed by atoms with Crippen molar-refractivity contribution in [2.45, 2.75) is 0 Å². The summed E-state index contributed by atoms with van der Waals surface area (Å²) in [6, 6.07) is 1.69. The molecule has 0 saturated carbocycles. The lowest BCUT2D eigenvalue weighted by molar-refractivity contribution is 0.521. The number of anilines is 1. The molecule has 1 rings (SSSR count). The first kappa shape index (κ1) is 14.7. The lowest BCUT2D eigenvalue weighted by atomic mass is 10.4. The predicted molar refractivity (Wildman–Crippen MR) is 72.9 cm³/mol. The Labute approximate surface area is 114 Å². The molecule has 0 spiro atoms. The predicted octanol–water partition coefficient (Wildman–Crippen LogP) is 1.80. The van der Waals surface area contributed by atoms with Crippen molar-refractivity contribution in [2.75, 3.05) is 31.7 Å². The van der Waals surface area contributed by atoms with Crippen LogP contribution in [0.1, 0.15) is 0 Å². The van der Waals surface area contributed by atoms with Gasteiger partial charge in [-0.15, -0.1) is 0 Å². The first-order valence-corrected chi connectivity index (χ1v) is 7.56. The number of hydrogen-bond donors (Lipinski definition) is 1. The molecule has 1 N–H and O–H groups in total. The Morgan fingerprint density at radius 1 is 1.53 bits per heavy atom. The van der Waals surface area contributed by atoms with Gasteiger partial charge in [-0.2, -0.15) is 0 Å². The summed E-state index contributed by atoms with van der Waals surface area (Å²) in [4.78, 5) is 4.04. The maximum atomic E-state index is 11.5. The van der Waals surface area contributed by atoms with Crippen LogP contribution in [0, 0.1) is 0 Å². The average Bonchev–Trinajstić information content (AvgIpc) is 2.21. The zero-order valence-electron chi connectivity index (χ0n) is 9.44. The van der Waals surface area contributed by atoms with Crippen molar-refractivity contribution in [3.63, 3.8) is 0 Å². The van der Waals surface area contributed by atoms with Crippen molar-refractivity contribution in [1.82, 2.24) is 9.29 Å². The highest BCUT2D eigenvalue weighted by Crippen LogP contribution is 2.22. The van der Waals surface area contributed by atoms with Crippen LogP contribution in [0.4, 0.5) is 5.82 Å². The number of nitrogens with one attached hydrogen (secondary N) is 1. The molecular weight excluding hydrogens is 330 g/mol. The zero-order valence-corrected chi connectivity index (χ0v) is 12.6. The number of aromatic nitrogens is 1. The van der Waals surface area contributed by atoms with Crippen molar-refractivity contribution in [2.24, 2.45) is 0 Å². The van der Waals surface area contributed by atoms with Crippen molar-refractivity contribution in [1.29, 1.82) is 0 Å². The molecular formula is C9H13BrClN3O2S. The molecule has 17 heavy (non-hydrogen) atoms. The summed E-state index contributed by atoms with van der Waals surface area (Å²) in [5, 5.41) is 3.45.